The zero-order valence-electron chi connectivity index (χ0n) is 10.9. The molecule has 1 aromatic heterocycles. The SMILES string of the molecule is CC1c2ccsc2CCN1Cc1cc(N)cc(F)c1. The van der Waals surface area contributed by atoms with Crippen molar-refractivity contribution >= 4 is 17.0 Å². The summed E-state index contributed by atoms with van der Waals surface area (Å²) in [4.78, 5) is 3.87. The molecule has 1 aromatic carbocycles. The van der Waals surface area contributed by atoms with Crippen LogP contribution in [-0.4, -0.2) is 11.4 Å². The van der Waals surface area contributed by atoms with Gasteiger partial charge in [0.1, 0.15) is 5.82 Å². The summed E-state index contributed by atoms with van der Waals surface area (Å²) in [5, 5.41) is 2.16. The topological polar surface area (TPSA) is 29.3 Å². The van der Waals surface area contributed by atoms with E-state index in [1.807, 2.05) is 17.4 Å². The molecule has 19 heavy (non-hydrogen) atoms. The van der Waals surface area contributed by atoms with Crippen LogP contribution in [0.15, 0.2) is 29.6 Å². The van der Waals surface area contributed by atoms with Crippen LogP contribution in [0, 0.1) is 5.82 Å². The molecule has 2 aromatic rings. The van der Waals surface area contributed by atoms with Gasteiger partial charge < -0.3 is 5.73 Å². The van der Waals surface area contributed by atoms with E-state index in [0.717, 1.165) is 25.1 Å². The summed E-state index contributed by atoms with van der Waals surface area (Å²) in [5.74, 6) is -0.254. The molecule has 1 unspecified atom stereocenters. The minimum Gasteiger partial charge on any atom is -0.399 e. The van der Waals surface area contributed by atoms with Crippen LogP contribution in [0.2, 0.25) is 0 Å². The van der Waals surface area contributed by atoms with Crippen LogP contribution in [0.5, 0.6) is 0 Å². The number of benzene rings is 1. The Morgan fingerprint density at radius 2 is 2.26 bits per heavy atom. The number of rotatable bonds is 2. The molecule has 0 spiro atoms. The molecule has 0 aliphatic carbocycles. The molecule has 3 rings (SSSR count). The lowest BCUT2D eigenvalue weighted by molar-refractivity contribution is 0.191. The minimum absolute atomic E-state index is 0.254. The second kappa shape index (κ2) is 4.94. The molecule has 100 valence electrons. The molecule has 2 heterocycles. The van der Waals surface area contributed by atoms with Gasteiger partial charge in [0, 0.05) is 29.7 Å². The first kappa shape index (κ1) is 12.6. The van der Waals surface area contributed by atoms with E-state index in [0.29, 0.717) is 11.7 Å². The van der Waals surface area contributed by atoms with Gasteiger partial charge in [0.25, 0.3) is 0 Å². The van der Waals surface area contributed by atoms with Crippen LogP contribution >= 0.6 is 11.3 Å². The second-order valence-electron chi connectivity index (χ2n) is 5.09. The highest BCUT2D eigenvalue weighted by molar-refractivity contribution is 7.10. The maximum Gasteiger partial charge on any atom is 0.125 e. The number of thiophene rings is 1. The average Bonchev–Trinajstić information content (AvgIpc) is 2.80. The number of nitrogen functional groups attached to an aromatic ring is 1. The Labute approximate surface area is 116 Å². The molecule has 1 aliphatic heterocycles. The van der Waals surface area contributed by atoms with Crippen molar-refractivity contribution in [2.24, 2.45) is 0 Å². The minimum atomic E-state index is -0.254. The number of hydrogen-bond acceptors (Lipinski definition) is 3. The first-order valence-corrected chi connectivity index (χ1v) is 7.36. The lowest BCUT2D eigenvalue weighted by atomic mass is 10.0. The third kappa shape index (κ3) is 2.51. The Kier molecular flexibility index (Phi) is 3.29. The smallest absolute Gasteiger partial charge is 0.125 e. The summed E-state index contributed by atoms with van der Waals surface area (Å²) in [7, 11) is 0. The highest BCUT2D eigenvalue weighted by Crippen LogP contribution is 2.33. The van der Waals surface area contributed by atoms with E-state index in [4.69, 9.17) is 5.73 Å². The van der Waals surface area contributed by atoms with Crippen molar-refractivity contribution in [1.29, 1.82) is 0 Å². The van der Waals surface area contributed by atoms with Crippen molar-refractivity contribution < 1.29 is 4.39 Å². The van der Waals surface area contributed by atoms with Crippen LogP contribution in [-0.2, 0) is 13.0 Å². The molecule has 0 saturated carbocycles. The maximum absolute atomic E-state index is 13.4. The summed E-state index contributed by atoms with van der Waals surface area (Å²) in [6.07, 6.45) is 1.09. The van der Waals surface area contributed by atoms with Gasteiger partial charge in [-0.1, -0.05) is 0 Å². The van der Waals surface area contributed by atoms with Crippen LogP contribution in [0.25, 0.3) is 0 Å². The van der Waals surface area contributed by atoms with Gasteiger partial charge in [-0.15, -0.1) is 11.3 Å². The highest BCUT2D eigenvalue weighted by Gasteiger charge is 2.24. The molecule has 1 atom stereocenters. The van der Waals surface area contributed by atoms with Gasteiger partial charge in [-0.25, -0.2) is 4.39 Å². The lowest BCUT2D eigenvalue weighted by Crippen LogP contribution is -2.32. The predicted molar refractivity (Wildman–Crippen MR) is 77.7 cm³/mol. The molecule has 0 radical (unpaired) electrons. The summed E-state index contributed by atoms with van der Waals surface area (Å²) < 4.78 is 13.4. The largest absolute Gasteiger partial charge is 0.399 e. The average molecular weight is 276 g/mol. The fraction of sp³-hybridized carbons (Fsp3) is 0.333. The number of halogens is 1. The predicted octanol–water partition coefficient (Wildman–Crippen LogP) is 3.59. The van der Waals surface area contributed by atoms with E-state index in [2.05, 4.69) is 23.3 Å². The number of nitrogens with two attached hydrogens (primary N) is 1. The van der Waals surface area contributed by atoms with E-state index < -0.39 is 0 Å². The van der Waals surface area contributed by atoms with Gasteiger partial charge in [-0.2, -0.15) is 0 Å². The Bertz CT molecular complexity index is 573. The molecule has 4 heteroatoms. The van der Waals surface area contributed by atoms with Gasteiger partial charge in [0.2, 0.25) is 0 Å². The summed E-state index contributed by atoms with van der Waals surface area (Å²) in [6.45, 7) is 3.98. The molecule has 2 N–H and O–H groups in total. The molecular weight excluding hydrogens is 259 g/mol. The lowest BCUT2D eigenvalue weighted by Gasteiger charge is -2.33. The molecule has 0 bridgehead atoms. The number of hydrogen-bond donors (Lipinski definition) is 1. The van der Waals surface area contributed by atoms with E-state index in [1.165, 1.54) is 16.5 Å². The fourth-order valence-electron chi connectivity index (χ4n) is 2.78. The van der Waals surface area contributed by atoms with Gasteiger partial charge in [0.05, 0.1) is 0 Å². The number of anilines is 1. The Morgan fingerprint density at radius 1 is 1.42 bits per heavy atom. The van der Waals surface area contributed by atoms with Crippen molar-refractivity contribution in [3.63, 3.8) is 0 Å². The molecule has 0 saturated heterocycles. The molecule has 2 nitrogen and oxygen atoms in total. The van der Waals surface area contributed by atoms with Gasteiger partial charge in [-0.05, 0) is 54.1 Å². The third-order valence-electron chi connectivity index (χ3n) is 3.77. The Morgan fingerprint density at radius 3 is 3.05 bits per heavy atom. The third-order valence-corrected chi connectivity index (χ3v) is 4.77. The van der Waals surface area contributed by atoms with Gasteiger partial charge in [-0.3, -0.25) is 4.90 Å². The van der Waals surface area contributed by atoms with Crippen molar-refractivity contribution in [3.8, 4) is 0 Å². The standard InChI is InChI=1S/C15H17FN2S/c1-10-14-3-5-19-15(14)2-4-18(10)9-11-6-12(16)8-13(17)7-11/h3,5-8,10H,2,4,9,17H2,1H3. The summed E-state index contributed by atoms with van der Waals surface area (Å²) in [5.41, 5.74) is 8.56. The zero-order chi connectivity index (χ0) is 13.4. The second-order valence-corrected chi connectivity index (χ2v) is 6.09. The van der Waals surface area contributed by atoms with E-state index in [9.17, 15) is 4.39 Å². The van der Waals surface area contributed by atoms with Gasteiger partial charge >= 0.3 is 0 Å². The molecular formula is C15H17FN2S. The van der Waals surface area contributed by atoms with E-state index in [-0.39, 0.29) is 5.82 Å². The Balaban J connectivity index is 1.81. The van der Waals surface area contributed by atoms with Crippen LogP contribution in [0.1, 0.15) is 29.0 Å². The van der Waals surface area contributed by atoms with Crippen LogP contribution < -0.4 is 5.73 Å². The van der Waals surface area contributed by atoms with Crippen LogP contribution in [0.3, 0.4) is 0 Å². The summed E-state index contributed by atoms with van der Waals surface area (Å²) >= 11 is 1.84. The number of nitrogens with zero attached hydrogens (tertiary/aromatic N) is 1. The maximum atomic E-state index is 13.4. The molecule has 0 amide bonds. The number of fused-ring (bicyclic) bond motifs is 1. The van der Waals surface area contributed by atoms with Crippen molar-refractivity contribution in [2.75, 3.05) is 12.3 Å². The van der Waals surface area contributed by atoms with Crippen molar-refractivity contribution in [2.45, 2.75) is 25.9 Å². The normalized spacial score (nSPS) is 19.4. The quantitative estimate of drug-likeness (QED) is 0.849. The highest BCUT2D eigenvalue weighted by atomic mass is 32.1. The van der Waals surface area contributed by atoms with E-state index in [1.54, 1.807) is 6.07 Å². The van der Waals surface area contributed by atoms with E-state index >= 15 is 0 Å². The van der Waals surface area contributed by atoms with Gasteiger partial charge in [0.15, 0.2) is 0 Å². The van der Waals surface area contributed by atoms with Crippen molar-refractivity contribution in [3.05, 3.63) is 51.5 Å². The zero-order valence-corrected chi connectivity index (χ0v) is 11.7. The Hall–Kier alpha value is -1.39. The molecule has 0 fully saturated rings. The van der Waals surface area contributed by atoms with Crippen molar-refractivity contribution in [1.82, 2.24) is 4.90 Å². The first-order valence-electron chi connectivity index (χ1n) is 6.49. The monoisotopic (exact) mass is 276 g/mol. The van der Waals surface area contributed by atoms with Crippen LogP contribution in [0.4, 0.5) is 10.1 Å². The first-order chi connectivity index (χ1) is 9.13. The molecule has 1 aliphatic rings. The summed E-state index contributed by atoms with van der Waals surface area (Å²) in [6, 6.07) is 7.39. The fourth-order valence-corrected chi connectivity index (χ4v) is 3.74.